The quantitative estimate of drug-likeness (QED) is 0.238. The van der Waals surface area contributed by atoms with Crippen molar-refractivity contribution in [2.24, 2.45) is 0 Å². The highest BCUT2D eigenvalue weighted by atomic mass is 32.2. The Labute approximate surface area is 214 Å². The zero-order valence-corrected chi connectivity index (χ0v) is 21.1. The number of para-hydroxylation sites is 1. The summed E-state index contributed by atoms with van der Waals surface area (Å²) < 4.78 is 2.29. The minimum Gasteiger partial charge on any atom is -0.341 e. The van der Waals surface area contributed by atoms with E-state index in [0.29, 0.717) is 11.3 Å². The molecule has 1 aromatic heterocycles. The van der Waals surface area contributed by atoms with Gasteiger partial charge in [-0.2, -0.15) is 0 Å². The highest BCUT2D eigenvalue weighted by Crippen LogP contribution is 2.31. The molecule has 0 saturated carbocycles. The molecule has 6 heteroatoms. The van der Waals surface area contributed by atoms with Crippen molar-refractivity contribution in [3.05, 3.63) is 102 Å². The third kappa shape index (κ3) is 4.99. The Balaban J connectivity index is 1.24. The fraction of sp³-hybridized carbons (Fsp3) is 0.133. The number of rotatable bonds is 7. The fourth-order valence-electron chi connectivity index (χ4n) is 4.39. The van der Waals surface area contributed by atoms with Crippen LogP contribution in [0.5, 0.6) is 0 Å². The summed E-state index contributed by atoms with van der Waals surface area (Å²) in [6, 6.07) is 29.4. The maximum Gasteiger partial charge on any atom is 0.255 e. The molecule has 36 heavy (non-hydrogen) atoms. The molecule has 5 rings (SSSR count). The summed E-state index contributed by atoms with van der Waals surface area (Å²) in [4.78, 5) is 26.1. The van der Waals surface area contributed by atoms with Crippen LogP contribution in [0.2, 0.25) is 0 Å². The molecule has 0 saturated heterocycles. The Morgan fingerprint density at radius 1 is 0.778 bits per heavy atom. The second-order valence-corrected chi connectivity index (χ2v) is 9.73. The molecule has 0 aliphatic rings. The van der Waals surface area contributed by atoms with Crippen LogP contribution in [-0.2, 0) is 11.3 Å². The van der Waals surface area contributed by atoms with Gasteiger partial charge in [0.1, 0.15) is 0 Å². The number of aromatic nitrogens is 1. The molecule has 0 aliphatic heterocycles. The SMILES string of the molecule is CCn1c2ccccc2c2cc(NC(=O)CSc3cccc(NC(=O)c4ccc(C)cc4)c3)ccc21. The highest BCUT2D eigenvalue weighted by molar-refractivity contribution is 8.00. The average Bonchev–Trinajstić information content (AvgIpc) is 3.21. The maximum absolute atomic E-state index is 12.7. The zero-order valence-electron chi connectivity index (χ0n) is 20.2. The minimum atomic E-state index is -0.158. The molecule has 1 heterocycles. The number of nitrogens with zero attached hydrogens (tertiary/aromatic N) is 1. The summed E-state index contributed by atoms with van der Waals surface area (Å²) in [7, 11) is 0. The van der Waals surface area contributed by atoms with Gasteiger partial charge in [-0.15, -0.1) is 11.8 Å². The van der Waals surface area contributed by atoms with E-state index in [9.17, 15) is 9.59 Å². The summed E-state index contributed by atoms with van der Waals surface area (Å²) in [5.41, 5.74) is 5.56. The number of fused-ring (bicyclic) bond motifs is 3. The largest absolute Gasteiger partial charge is 0.341 e. The van der Waals surface area contributed by atoms with Gasteiger partial charge in [0.25, 0.3) is 5.91 Å². The van der Waals surface area contributed by atoms with Crippen LogP contribution in [0.3, 0.4) is 0 Å². The molecule has 5 aromatic rings. The van der Waals surface area contributed by atoms with Gasteiger partial charge in [0.15, 0.2) is 0 Å². The first-order valence-corrected chi connectivity index (χ1v) is 12.9. The number of benzene rings is 4. The Morgan fingerprint density at radius 3 is 2.33 bits per heavy atom. The van der Waals surface area contributed by atoms with Gasteiger partial charge in [-0.05, 0) is 68.4 Å². The second-order valence-electron chi connectivity index (χ2n) is 8.68. The summed E-state index contributed by atoms with van der Waals surface area (Å²) in [5.74, 6) is 0.0341. The number of amides is 2. The first kappa shape index (κ1) is 23.7. The summed E-state index contributed by atoms with van der Waals surface area (Å²) in [6.07, 6.45) is 0. The van der Waals surface area contributed by atoms with Gasteiger partial charge in [0.05, 0.1) is 5.75 Å². The van der Waals surface area contributed by atoms with Crippen LogP contribution >= 0.6 is 11.8 Å². The van der Waals surface area contributed by atoms with Crippen LogP contribution in [-0.4, -0.2) is 22.1 Å². The minimum absolute atomic E-state index is 0.0762. The number of hydrogen-bond acceptors (Lipinski definition) is 3. The third-order valence-electron chi connectivity index (χ3n) is 6.15. The molecule has 0 aliphatic carbocycles. The van der Waals surface area contributed by atoms with Gasteiger partial charge in [0, 0.05) is 50.2 Å². The predicted molar refractivity (Wildman–Crippen MR) is 150 cm³/mol. The van der Waals surface area contributed by atoms with E-state index in [1.54, 1.807) is 0 Å². The fourth-order valence-corrected chi connectivity index (χ4v) is 5.14. The first-order chi connectivity index (χ1) is 17.5. The Morgan fingerprint density at radius 2 is 1.53 bits per heavy atom. The van der Waals surface area contributed by atoms with E-state index < -0.39 is 0 Å². The normalized spacial score (nSPS) is 11.1. The summed E-state index contributed by atoms with van der Waals surface area (Å²) in [5, 5.41) is 8.28. The topological polar surface area (TPSA) is 63.1 Å². The van der Waals surface area contributed by atoms with Crippen molar-refractivity contribution in [3.8, 4) is 0 Å². The molecular formula is C30H27N3O2S. The number of anilines is 2. The lowest BCUT2D eigenvalue weighted by Crippen LogP contribution is -2.14. The lowest BCUT2D eigenvalue weighted by molar-refractivity contribution is -0.113. The van der Waals surface area contributed by atoms with Crippen molar-refractivity contribution in [2.75, 3.05) is 16.4 Å². The molecule has 0 bridgehead atoms. The van der Waals surface area contributed by atoms with Crippen LogP contribution in [0.25, 0.3) is 21.8 Å². The van der Waals surface area contributed by atoms with Gasteiger partial charge in [-0.25, -0.2) is 0 Å². The van der Waals surface area contributed by atoms with E-state index >= 15 is 0 Å². The number of nitrogens with one attached hydrogen (secondary N) is 2. The molecule has 5 nitrogen and oxygen atoms in total. The smallest absolute Gasteiger partial charge is 0.255 e. The van der Waals surface area contributed by atoms with Crippen LogP contribution in [0, 0.1) is 6.92 Å². The van der Waals surface area contributed by atoms with Gasteiger partial charge in [-0.3, -0.25) is 9.59 Å². The summed E-state index contributed by atoms with van der Waals surface area (Å²) in [6.45, 7) is 5.01. The Bertz CT molecular complexity index is 1570. The molecule has 180 valence electrons. The van der Waals surface area contributed by atoms with E-state index in [0.717, 1.165) is 33.6 Å². The van der Waals surface area contributed by atoms with Crippen LogP contribution in [0.4, 0.5) is 11.4 Å². The summed E-state index contributed by atoms with van der Waals surface area (Å²) >= 11 is 1.43. The lowest BCUT2D eigenvalue weighted by Gasteiger charge is -2.09. The molecule has 0 radical (unpaired) electrons. The monoisotopic (exact) mass is 493 g/mol. The van der Waals surface area contributed by atoms with Crippen molar-refractivity contribution in [3.63, 3.8) is 0 Å². The number of hydrogen-bond donors (Lipinski definition) is 2. The molecule has 0 fully saturated rings. The van der Waals surface area contributed by atoms with Crippen molar-refractivity contribution >= 4 is 56.8 Å². The number of aryl methyl sites for hydroxylation is 2. The second kappa shape index (κ2) is 10.3. The van der Waals surface area contributed by atoms with E-state index in [-0.39, 0.29) is 17.6 Å². The van der Waals surface area contributed by atoms with Crippen molar-refractivity contribution in [2.45, 2.75) is 25.3 Å². The van der Waals surface area contributed by atoms with Crippen LogP contribution in [0.15, 0.2) is 95.9 Å². The van der Waals surface area contributed by atoms with Crippen molar-refractivity contribution in [1.29, 1.82) is 0 Å². The van der Waals surface area contributed by atoms with Crippen molar-refractivity contribution in [1.82, 2.24) is 4.57 Å². The third-order valence-corrected chi connectivity index (χ3v) is 7.14. The molecule has 0 atom stereocenters. The van der Waals surface area contributed by atoms with E-state index in [2.05, 4.69) is 46.4 Å². The molecule has 2 N–H and O–H groups in total. The zero-order chi connectivity index (χ0) is 25.1. The van der Waals surface area contributed by atoms with E-state index in [1.807, 2.05) is 73.7 Å². The molecule has 4 aromatic carbocycles. The van der Waals surface area contributed by atoms with Crippen LogP contribution in [0.1, 0.15) is 22.8 Å². The van der Waals surface area contributed by atoms with Crippen LogP contribution < -0.4 is 10.6 Å². The van der Waals surface area contributed by atoms with Gasteiger partial charge in [-0.1, -0.05) is 42.0 Å². The van der Waals surface area contributed by atoms with Gasteiger partial charge < -0.3 is 15.2 Å². The average molecular weight is 494 g/mol. The van der Waals surface area contributed by atoms with E-state index in [1.165, 1.54) is 22.7 Å². The van der Waals surface area contributed by atoms with Crippen molar-refractivity contribution < 1.29 is 9.59 Å². The number of carbonyl (C=O) groups excluding carboxylic acids is 2. The van der Waals surface area contributed by atoms with E-state index in [4.69, 9.17) is 0 Å². The molecule has 0 unspecified atom stereocenters. The Kier molecular flexibility index (Phi) is 6.78. The molecule has 2 amide bonds. The van der Waals surface area contributed by atoms with Gasteiger partial charge >= 0.3 is 0 Å². The Hall–Kier alpha value is -4.03. The highest BCUT2D eigenvalue weighted by Gasteiger charge is 2.12. The first-order valence-electron chi connectivity index (χ1n) is 11.9. The number of carbonyl (C=O) groups is 2. The molecular weight excluding hydrogens is 466 g/mol. The van der Waals surface area contributed by atoms with Gasteiger partial charge in [0.2, 0.25) is 5.91 Å². The molecule has 0 spiro atoms. The predicted octanol–water partition coefficient (Wildman–Crippen LogP) is 7.11. The standard InChI is InChI=1S/C30H27N3O2S/c1-3-33-27-10-5-4-9-25(27)26-18-23(15-16-28(26)33)31-29(34)19-36-24-8-6-7-22(17-24)32-30(35)21-13-11-20(2)12-14-21/h4-18H,3,19H2,1-2H3,(H,31,34)(H,32,35). The lowest BCUT2D eigenvalue weighted by atomic mass is 10.1. The maximum atomic E-state index is 12.7. The number of thioether (sulfide) groups is 1.